The fourth-order valence-corrected chi connectivity index (χ4v) is 3.69. The topological polar surface area (TPSA) is 110 Å². The Morgan fingerprint density at radius 1 is 0.833 bits per heavy atom. The molecular weight excluding hydrogens is 384 g/mol. The molecule has 2 N–H and O–H groups in total. The van der Waals surface area contributed by atoms with Crippen LogP contribution in [0, 0.1) is 5.21 Å². The largest absolute Gasteiger partial charge is 0.633 e. The van der Waals surface area contributed by atoms with Crippen LogP contribution in [0.4, 0.5) is 0 Å². The quantitative estimate of drug-likeness (QED) is 0.393. The molecule has 0 amide bonds. The predicted octanol–water partition coefficient (Wildman–Crippen LogP) is 3.16. The van der Waals surface area contributed by atoms with Crippen molar-refractivity contribution in [2.75, 3.05) is 26.2 Å². The summed E-state index contributed by atoms with van der Waals surface area (Å²) >= 11 is 0. The van der Waals surface area contributed by atoms with Crippen LogP contribution < -0.4 is 5.36 Å². The van der Waals surface area contributed by atoms with Crippen molar-refractivity contribution < 1.29 is 24.4 Å². The lowest BCUT2D eigenvalue weighted by molar-refractivity contribution is -0.866. The van der Waals surface area contributed by atoms with Gasteiger partial charge in [-0.2, -0.15) is 0 Å². The van der Waals surface area contributed by atoms with Gasteiger partial charge in [-0.05, 0) is 10.8 Å². The Morgan fingerprint density at radius 3 is 1.77 bits per heavy atom. The highest BCUT2D eigenvalue weighted by Gasteiger charge is 2.21. The third-order valence-corrected chi connectivity index (χ3v) is 5.22. The van der Waals surface area contributed by atoms with Crippen LogP contribution in [0.15, 0.2) is 65.7 Å². The van der Waals surface area contributed by atoms with Gasteiger partial charge in [-0.15, -0.1) is 0 Å². The first kappa shape index (κ1) is 21.4. The van der Waals surface area contributed by atoms with E-state index in [0.29, 0.717) is 13.1 Å². The number of carbonyl (C=O) groups is 2. The highest BCUT2D eigenvalue weighted by molar-refractivity contribution is 6.27. The maximum atomic E-state index is 12.6. The maximum absolute atomic E-state index is 12.6. The van der Waals surface area contributed by atoms with Crippen LogP contribution in [0.5, 0.6) is 0 Å². The molecule has 30 heavy (non-hydrogen) atoms. The average molecular weight is 408 g/mol. The Hall–Kier alpha value is -3.29. The molecule has 7 nitrogen and oxygen atoms in total. The summed E-state index contributed by atoms with van der Waals surface area (Å²) in [5.41, 5.74) is 0. The van der Waals surface area contributed by atoms with E-state index in [4.69, 9.17) is 24.8 Å². The van der Waals surface area contributed by atoms with Gasteiger partial charge in [0.1, 0.15) is 0 Å². The summed E-state index contributed by atoms with van der Waals surface area (Å²) in [7, 11) is 0. The first-order chi connectivity index (χ1) is 14.4. The van der Waals surface area contributed by atoms with Crippen molar-refractivity contribution >= 4 is 33.5 Å². The average Bonchev–Trinajstić information content (AvgIpc) is 3.10. The number of quaternary nitrogens is 1. The zero-order valence-corrected chi connectivity index (χ0v) is 16.5. The number of hydrogen-bond donors (Lipinski definition) is 2. The standard InChI is InChI=1S/C21H22N2O.C2H2O4/c24-23(14-5-6-15-23)16-13-22-21-19-9-3-1-7-17(19)11-12-18-8-2-4-10-20(18)21;3-1(4)2(5)6/h1-4,7-12H,5-6,13-16H2;(H,3,4)(H,5,6). The normalized spacial score (nSPS) is 14.7. The Labute approximate surface area is 173 Å². The number of carboxylic acid groups (broad SMARTS) is 2. The molecule has 1 saturated heterocycles. The summed E-state index contributed by atoms with van der Waals surface area (Å²) in [6.07, 6.45) is 2.10. The lowest BCUT2D eigenvalue weighted by Gasteiger charge is -2.37. The SMILES string of the molecule is O=C(O)C(=O)O.[O-][N+]1(CCN=c2c3ccccc3ccc3ccccc23)CCCC1. The molecule has 1 fully saturated rings. The van der Waals surface area contributed by atoms with E-state index in [1.165, 1.54) is 10.8 Å². The van der Waals surface area contributed by atoms with Crippen molar-refractivity contribution in [2.45, 2.75) is 12.8 Å². The summed E-state index contributed by atoms with van der Waals surface area (Å²) in [6, 6.07) is 21.0. The molecule has 0 unspecified atom stereocenters. The minimum Gasteiger partial charge on any atom is -0.633 e. The predicted molar refractivity (Wildman–Crippen MR) is 115 cm³/mol. The Morgan fingerprint density at radius 2 is 1.30 bits per heavy atom. The number of likely N-dealkylation sites (tertiary alicyclic amines) is 1. The summed E-state index contributed by atoms with van der Waals surface area (Å²) < 4.78 is -0.0711. The Kier molecular flexibility index (Phi) is 6.76. The first-order valence-electron chi connectivity index (χ1n) is 9.84. The van der Waals surface area contributed by atoms with Crippen LogP contribution >= 0.6 is 0 Å². The van der Waals surface area contributed by atoms with E-state index in [1.807, 2.05) is 0 Å². The summed E-state index contributed by atoms with van der Waals surface area (Å²) in [5.74, 6) is -3.65. The van der Waals surface area contributed by atoms with Crippen LogP contribution in [0.25, 0.3) is 21.5 Å². The number of hydrogen-bond acceptors (Lipinski definition) is 4. The number of nitrogens with zero attached hydrogens (tertiary/aromatic N) is 2. The highest BCUT2D eigenvalue weighted by atomic mass is 16.5. The van der Waals surface area contributed by atoms with Crippen molar-refractivity contribution in [1.29, 1.82) is 0 Å². The van der Waals surface area contributed by atoms with Gasteiger partial charge in [0.15, 0.2) is 0 Å². The van der Waals surface area contributed by atoms with Gasteiger partial charge in [0.25, 0.3) is 0 Å². The number of rotatable bonds is 3. The Bertz CT molecular complexity index is 1060. The fraction of sp³-hybridized carbons (Fsp3) is 0.261. The number of fused-ring (bicyclic) bond motifs is 2. The zero-order valence-electron chi connectivity index (χ0n) is 16.5. The molecule has 3 aromatic rings. The second kappa shape index (κ2) is 9.47. The van der Waals surface area contributed by atoms with E-state index in [9.17, 15) is 5.21 Å². The monoisotopic (exact) mass is 408 g/mol. The molecule has 1 aliphatic heterocycles. The van der Waals surface area contributed by atoms with Gasteiger partial charge >= 0.3 is 11.9 Å². The summed E-state index contributed by atoms with van der Waals surface area (Å²) in [4.78, 5) is 23.1. The van der Waals surface area contributed by atoms with E-state index in [-0.39, 0.29) is 4.65 Å². The number of aliphatic carboxylic acids is 2. The van der Waals surface area contributed by atoms with Crippen molar-refractivity contribution in [2.24, 2.45) is 4.99 Å². The van der Waals surface area contributed by atoms with Gasteiger partial charge in [0.05, 0.1) is 31.5 Å². The van der Waals surface area contributed by atoms with Crippen LogP contribution in [0.3, 0.4) is 0 Å². The Balaban J connectivity index is 0.000000377. The zero-order chi connectivity index (χ0) is 21.6. The van der Waals surface area contributed by atoms with Crippen molar-refractivity contribution in [3.8, 4) is 0 Å². The smallest absolute Gasteiger partial charge is 0.414 e. The van der Waals surface area contributed by atoms with Crippen molar-refractivity contribution in [3.05, 3.63) is 71.2 Å². The van der Waals surface area contributed by atoms with Crippen LogP contribution in [-0.4, -0.2) is 53.0 Å². The molecule has 0 bridgehead atoms. The molecule has 0 aromatic heterocycles. The molecular formula is C23H24N2O5. The fourth-order valence-electron chi connectivity index (χ4n) is 3.69. The molecule has 0 saturated carbocycles. The van der Waals surface area contributed by atoms with Gasteiger partial charge in [0.2, 0.25) is 0 Å². The minimum absolute atomic E-state index is 0.0711. The minimum atomic E-state index is -1.82. The molecule has 7 heteroatoms. The van der Waals surface area contributed by atoms with E-state index >= 15 is 0 Å². The maximum Gasteiger partial charge on any atom is 0.414 e. The third-order valence-electron chi connectivity index (χ3n) is 5.22. The summed E-state index contributed by atoms with van der Waals surface area (Å²) in [5, 5.41) is 33.0. The van der Waals surface area contributed by atoms with Crippen LogP contribution in [-0.2, 0) is 9.59 Å². The molecule has 1 aliphatic rings. The van der Waals surface area contributed by atoms with E-state index < -0.39 is 11.9 Å². The van der Waals surface area contributed by atoms with Gasteiger partial charge in [-0.25, -0.2) is 9.59 Å². The molecule has 0 radical (unpaired) electrons. The molecule has 0 aliphatic carbocycles. The van der Waals surface area contributed by atoms with Gasteiger partial charge < -0.3 is 20.1 Å². The van der Waals surface area contributed by atoms with Gasteiger partial charge in [-0.3, -0.25) is 4.99 Å². The number of hydroxylamine groups is 3. The third kappa shape index (κ3) is 5.20. The lowest BCUT2D eigenvalue weighted by atomic mass is 10.1. The number of benzene rings is 2. The van der Waals surface area contributed by atoms with E-state index in [0.717, 1.165) is 42.1 Å². The lowest BCUT2D eigenvalue weighted by Crippen LogP contribution is -2.41. The second-order valence-electron chi connectivity index (χ2n) is 7.28. The molecule has 0 atom stereocenters. The van der Waals surface area contributed by atoms with Crippen LogP contribution in [0.2, 0.25) is 0 Å². The van der Waals surface area contributed by atoms with E-state index in [2.05, 4.69) is 60.7 Å². The van der Waals surface area contributed by atoms with Crippen molar-refractivity contribution in [3.63, 3.8) is 0 Å². The van der Waals surface area contributed by atoms with Crippen molar-refractivity contribution in [1.82, 2.24) is 0 Å². The number of carboxylic acids is 2. The van der Waals surface area contributed by atoms with Gasteiger partial charge in [-0.1, -0.05) is 60.7 Å². The molecule has 0 spiro atoms. The van der Waals surface area contributed by atoms with Crippen LogP contribution in [0.1, 0.15) is 12.8 Å². The molecule has 156 valence electrons. The summed E-state index contributed by atoms with van der Waals surface area (Å²) in [6.45, 7) is 2.67. The molecule has 1 heterocycles. The first-order valence-corrected chi connectivity index (χ1v) is 9.84. The van der Waals surface area contributed by atoms with E-state index in [1.54, 1.807) is 0 Å². The second-order valence-corrected chi connectivity index (χ2v) is 7.28. The molecule has 3 aromatic carbocycles. The van der Waals surface area contributed by atoms with Gasteiger partial charge in [0, 0.05) is 23.6 Å². The highest BCUT2D eigenvalue weighted by Crippen LogP contribution is 2.17. The molecule has 4 rings (SSSR count).